The Morgan fingerprint density at radius 2 is 1.65 bits per heavy atom. The number of sulfonamides is 1. The van der Waals surface area contributed by atoms with Gasteiger partial charge in [0.15, 0.2) is 0 Å². The van der Waals surface area contributed by atoms with Crippen molar-refractivity contribution in [1.82, 2.24) is 4.72 Å². The van der Waals surface area contributed by atoms with Crippen molar-refractivity contribution in [1.29, 1.82) is 0 Å². The number of carbonyl (C=O) groups excluding carboxylic acids is 1. The summed E-state index contributed by atoms with van der Waals surface area (Å²) >= 11 is 0. The first-order valence-electron chi connectivity index (χ1n) is 6.43. The van der Waals surface area contributed by atoms with Crippen LogP contribution in [0.5, 0.6) is 0 Å². The summed E-state index contributed by atoms with van der Waals surface area (Å²) in [5, 5.41) is 0. The summed E-state index contributed by atoms with van der Waals surface area (Å²) in [5.41, 5.74) is 3.21. The molecule has 1 aromatic rings. The third-order valence-corrected chi connectivity index (χ3v) is 4.95. The predicted molar refractivity (Wildman–Crippen MR) is 77.2 cm³/mol. The third-order valence-electron chi connectivity index (χ3n) is 3.28. The maximum absolute atomic E-state index is 12.4. The zero-order valence-electron chi connectivity index (χ0n) is 12.5. The predicted octanol–water partition coefficient (Wildman–Crippen LogP) is 1.76. The van der Waals surface area contributed by atoms with Gasteiger partial charge in [-0.1, -0.05) is 6.07 Å². The average Bonchev–Trinajstić information content (AvgIpc) is 2.35. The quantitative estimate of drug-likeness (QED) is 0.841. The lowest BCUT2D eigenvalue weighted by Crippen LogP contribution is -2.31. The second-order valence-corrected chi connectivity index (χ2v) is 6.42. The number of esters is 1. The second kappa shape index (κ2) is 6.37. The van der Waals surface area contributed by atoms with E-state index in [0.717, 1.165) is 11.1 Å². The zero-order valence-corrected chi connectivity index (χ0v) is 13.3. The lowest BCUT2D eigenvalue weighted by atomic mass is 10.0. The van der Waals surface area contributed by atoms with Crippen LogP contribution in [0.2, 0.25) is 0 Å². The molecule has 1 rings (SSSR count). The second-order valence-electron chi connectivity index (χ2n) is 4.72. The fraction of sp³-hybridized carbons (Fsp3) is 0.500. The van der Waals surface area contributed by atoms with Crippen molar-refractivity contribution in [3.8, 4) is 0 Å². The van der Waals surface area contributed by atoms with Crippen molar-refractivity contribution in [3.63, 3.8) is 0 Å². The molecule has 0 fully saturated rings. The molecule has 0 aliphatic heterocycles. The van der Waals surface area contributed by atoms with E-state index in [1.165, 1.54) is 0 Å². The Morgan fingerprint density at radius 1 is 1.15 bits per heavy atom. The van der Waals surface area contributed by atoms with Crippen molar-refractivity contribution in [2.45, 2.75) is 39.5 Å². The molecule has 20 heavy (non-hydrogen) atoms. The lowest BCUT2D eigenvalue weighted by molar-refractivity contribution is -0.141. The highest BCUT2D eigenvalue weighted by Crippen LogP contribution is 2.25. The molecule has 1 N–H and O–H groups in total. The van der Waals surface area contributed by atoms with Crippen LogP contribution in [0.3, 0.4) is 0 Å². The van der Waals surface area contributed by atoms with Crippen LogP contribution >= 0.6 is 0 Å². The number of ether oxygens (including phenoxy) is 1. The fourth-order valence-electron chi connectivity index (χ4n) is 2.02. The Bertz CT molecular complexity index is 594. The van der Waals surface area contributed by atoms with Crippen LogP contribution in [0.15, 0.2) is 11.0 Å². The van der Waals surface area contributed by atoms with Crippen molar-refractivity contribution in [2.24, 2.45) is 0 Å². The Morgan fingerprint density at radius 3 is 2.10 bits per heavy atom. The molecule has 0 unspecified atom stereocenters. The van der Waals surface area contributed by atoms with E-state index < -0.39 is 16.0 Å². The summed E-state index contributed by atoms with van der Waals surface area (Å²) in [4.78, 5) is 11.5. The van der Waals surface area contributed by atoms with Gasteiger partial charge in [-0.25, -0.2) is 8.42 Å². The van der Waals surface area contributed by atoms with E-state index in [-0.39, 0.29) is 18.0 Å². The van der Waals surface area contributed by atoms with Gasteiger partial charge in [-0.15, -0.1) is 0 Å². The van der Waals surface area contributed by atoms with Gasteiger partial charge in [0.2, 0.25) is 10.0 Å². The van der Waals surface area contributed by atoms with Crippen LogP contribution in [-0.2, 0) is 19.6 Å². The minimum Gasteiger partial charge on any atom is -0.465 e. The topological polar surface area (TPSA) is 72.5 Å². The van der Waals surface area contributed by atoms with Crippen LogP contribution in [-0.4, -0.2) is 27.5 Å². The Hall–Kier alpha value is -1.40. The van der Waals surface area contributed by atoms with Crippen LogP contribution < -0.4 is 4.72 Å². The number of aryl methyl sites for hydroxylation is 2. The summed E-state index contributed by atoms with van der Waals surface area (Å²) in [6.45, 7) is 8.80. The van der Waals surface area contributed by atoms with E-state index in [0.29, 0.717) is 11.1 Å². The molecular weight excluding hydrogens is 278 g/mol. The van der Waals surface area contributed by atoms with Crippen LogP contribution in [0.25, 0.3) is 0 Å². The number of hydrogen-bond acceptors (Lipinski definition) is 4. The van der Waals surface area contributed by atoms with Crippen molar-refractivity contribution in [3.05, 3.63) is 28.3 Å². The summed E-state index contributed by atoms with van der Waals surface area (Å²) in [6.07, 6.45) is 0. The summed E-state index contributed by atoms with van der Waals surface area (Å²) in [5.74, 6) is -0.587. The van der Waals surface area contributed by atoms with Gasteiger partial charge in [0.25, 0.3) is 0 Å². The van der Waals surface area contributed by atoms with Crippen molar-refractivity contribution in [2.75, 3.05) is 13.2 Å². The smallest absolute Gasteiger partial charge is 0.321 e. The number of benzene rings is 1. The normalized spacial score (nSPS) is 11.4. The summed E-state index contributed by atoms with van der Waals surface area (Å²) in [7, 11) is -3.73. The molecule has 0 radical (unpaired) electrons. The molecule has 6 heteroatoms. The standard InChI is InChI=1S/C14H21NO4S/c1-6-19-13(16)8-15-20(17,18)14-11(4)9(2)7-10(3)12(14)5/h7,15H,6,8H2,1-5H3. The molecule has 0 aliphatic rings. The fourth-order valence-corrected chi connectivity index (χ4v) is 3.60. The molecule has 0 amide bonds. The first-order chi connectivity index (χ1) is 9.20. The van der Waals surface area contributed by atoms with Crippen molar-refractivity contribution < 1.29 is 17.9 Å². The van der Waals surface area contributed by atoms with Gasteiger partial charge >= 0.3 is 5.97 Å². The van der Waals surface area contributed by atoms with Crippen molar-refractivity contribution >= 4 is 16.0 Å². The van der Waals surface area contributed by atoms with Crippen LogP contribution in [0, 0.1) is 27.7 Å². The molecule has 0 heterocycles. The first kappa shape index (κ1) is 16.7. The first-order valence-corrected chi connectivity index (χ1v) is 7.91. The molecule has 0 saturated carbocycles. The minimum absolute atomic E-state index is 0.224. The number of nitrogens with one attached hydrogen (secondary N) is 1. The molecule has 0 atom stereocenters. The van der Waals surface area contributed by atoms with Crippen LogP contribution in [0.1, 0.15) is 29.2 Å². The summed E-state index contributed by atoms with van der Waals surface area (Å²) < 4.78 is 31.7. The van der Waals surface area contributed by atoms with E-state index in [2.05, 4.69) is 4.72 Å². The largest absolute Gasteiger partial charge is 0.465 e. The zero-order chi connectivity index (χ0) is 15.5. The molecule has 1 aromatic carbocycles. The molecule has 5 nitrogen and oxygen atoms in total. The van der Waals surface area contributed by atoms with Gasteiger partial charge in [-0.05, 0) is 56.9 Å². The maximum Gasteiger partial charge on any atom is 0.321 e. The highest BCUT2D eigenvalue weighted by molar-refractivity contribution is 7.89. The molecule has 0 aliphatic carbocycles. The SMILES string of the molecule is CCOC(=O)CNS(=O)(=O)c1c(C)c(C)cc(C)c1C. The molecule has 0 bridgehead atoms. The average molecular weight is 299 g/mol. The Labute approximate surface area is 120 Å². The summed E-state index contributed by atoms with van der Waals surface area (Å²) in [6, 6.07) is 1.95. The highest BCUT2D eigenvalue weighted by Gasteiger charge is 2.22. The van der Waals surface area contributed by atoms with Gasteiger partial charge < -0.3 is 4.74 Å². The van der Waals surface area contributed by atoms with Gasteiger partial charge in [-0.3, -0.25) is 4.79 Å². The van der Waals surface area contributed by atoms with Gasteiger partial charge in [0.05, 0.1) is 11.5 Å². The van der Waals surface area contributed by atoms with E-state index in [1.807, 2.05) is 19.9 Å². The Balaban J connectivity index is 3.14. The number of rotatable bonds is 5. The van der Waals surface area contributed by atoms with Crippen LogP contribution in [0.4, 0.5) is 0 Å². The van der Waals surface area contributed by atoms with E-state index in [9.17, 15) is 13.2 Å². The van der Waals surface area contributed by atoms with E-state index in [4.69, 9.17) is 4.74 Å². The van der Waals surface area contributed by atoms with Gasteiger partial charge in [0.1, 0.15) is 6.54 Å². The van der Waals surface area contributed by atoms with Gasteiger partial charge in [-0.2, -0.15) is 4.72 Å². The molecular formula is C14H21NO4S. The number of carbonyl (C=O) groups is 1. The Kier molecular flexibility index (Phi) is 5.30. The number of hydrogen-bond donors (Lipinski definition) is 1. The van der Waals surface area contributed by atoms with E-state index >= 15 is 0 Å². The molecule has 112 valence electrons. The maximum atomic E-state index is 12.4. The lowest BCUT2D eigenvalue weighted by Gasteiger charge is -2.15. The highest BCUT2D eigenvalue weighted by atomic mass is 32.2. The molecule has 0 spiro atoms. The monoisotopic (exact) mass is 299 g/mol. The minimum atomic E-state index is -3.73. The molecule has 0 saturated heterocycles. The molecule has 0 aromatic heterocycles. The van der Waals surface area contributed by atoms with E-state index in [1.54, 1.807) is 20.8 Å². The third kappa shape index (κ3) is 3.58. The van der Waals surface area contributed by atoms with Gasteiger partial charge in [0, 0.05) is 0 Å².